The summed E-state index contributed by atoms with van der Waals surface area (Å²) in [6.45, 7) is 0.290. The minimum atomic E-state index is -0.443. The van der Waals surface area contributed by atoms with Crippen molar-refractivity contribution in [1.29, 1.82) is 0 Å². The van der Waals surface area contributed by atoms with Gasteiger partial charge in [-0.25, -0.2) is 8.78 Å². The minimum Gasteiger partial charge on any atom is -0.490 e. The lowest BCUT2D eigenvalue weighted by Crippen LogP contribution is -2.11. The molecular formula is C11H10F2O3. The van der Waals surface area contributed by atoms with Crippen molar-refractivity contribution in [2.75, 3.05) is 6.61 Å². The normalized spacial score (nSPS) is 24.1. The summed E-state index contributed by atoms with van der Waals surface area (Å²) in [6, 6.07) is 2.30. The van der Waals surface area contributed by atoms with Gasteiger partial charge in [-0.05, 0) is 24.5 Å². The highest BCUT2D eigenvalue weighted by atomic mass is 19.1. The molecule has 3 rings (SSSR count). The van der Waals surface area contributed by atoms with Gasteiger partial charge in [0.2, 0.25) is 0 Å². The summed E-state index contributed by atoms with van der Waals surface area (Å²) < 4.78 is 31.6. The zero-order valence-corrected chi connectivity index (χ0v) is 8.32. The van der Waals surface area contributed by atoms with Crippen LogP contribution in [-0.2, 0) is 4.79 Å². The fraction of sp³-hybridized carbons (Fsp3) is 0.364. The van der Waals surface area contributed by atoms with Crippen LogP contribution in [0.25, 0.3) is 0 Å². The number of halogens is 2. The number of carbonyl (C=O) groups is 1. The first-order valence-corrected chi connectivity index (χ1v) is 4.87. The molecule has 1 N–H and O–H groups in total. The standard InChI is InChI=1S/C10H8F2O.CH2O2/c11-7-1-2-8(12)10-9(7)6-3-5(6)4-13-10;2-1-3/h1-2,5-6H,3-4H2;1H,(H,2,3)/t5-,6-;/m1./s1. The van der Waals surface area contributed by atoms with E-state index in [0.29, 0.717) is 18.1 Å². The van der Waals surface area contributed by atoms with Gasteiger partial charge >= 0.3 is 0 Å². The molecule has 0 saturated heterocycles. The fourth-order valence-electron chi connectivity index (χ4n) is 2.02. The Bertz CT molecular complexity index is 420. The summed E-state index contributed by atoms with van der Waals surface area (Å²) in [5.74, 6) is -0.00708. The Morgan fingerprint density at radius 2 is 2.00 bits per heavy atom. The van der Waals surface area contributed by atoms with E-state index in [9.17, 15) is 8.78 Å². The largest absolute Gasteiger partial charge is 0.490 e. The Hall–Kier alpha value is -1.65. The molecule has 5 heteroatoms. The molecule has 16 heavy (non-hydrogen) atoms. The highest BCUT2D eigenvalue weighted by Crippen LogP contribution is 2.54. The summed E-state index contributed by atoms with van der Waals surface area (Å²) in [7, 11) is 0. The molecule has 86 valence electrons. The molecule has 1 aromatic carbocycles. The van der Waals surface area contributed by atoms with Crippen LogP contribution >= 0.6 is 0 Å². The first-order valence-electron chi connectivity index (χ1n) is 4.87. The lowest BCUT2D eigenvalue weighted by atomic mass is 10.1. The zero-order chi connectivity index (χ0) is 11.7. The molecule has 1 aliphatic heterocycles. The third-order valence-electron chi connectivity index (χ3n) is 2.83. The quantitative estimate of drug-likeness (QED) is 0.692. The zero-order valence-electron chi connectivity index (χ0n) is 8.32. The van der Waals surface area contributed by atoms with Crippen LogP contribution < -0.4 is 4.74 Å². The van der Waals surface area contributed by atoms with Gasteiger partial charge in [0.05, 0.1) is 6.61 Å². The number of benzene rings is 1. The van der Waals surface area contributed by atoms with Crippen LogP contribution in [0.15, 0.2) is 12.1 Å². The summed E-state index contributed by atoms with van der Waals surface area (Å²) in [6.07, 6.45) is 0.938. The molecule has 0 unspecified atom stereocenters. The third kappa shape index (κ3) is 1.73. The van der Waals surface area contributed by atoms with E-state index in [2.05, 4.69) is 0 Å². The van der Waals surface area contributed by atoms with Crippen molar-refractivity contribution in [3.05, 3.63) is 29.3 Å². The van der Waals surface area contributed by atoms with Crippen molar-refractivity contribution in [3.63, 3.8) is 0 Å². The topological polar surface area (TPSA) is 46.5 Å². The first-order chi connectivity index (χ1) is 7.69. The molecule has 1 fully saturated rings. The van der Waals surface area contributed by atoms with Crippen molar-refractivity contribution < 1.29 is 23.4 Å². The Morgan fingerprint density at radius 3 is 2.69 bits per heavy atom. The molecule has 1 heterocycles. The van der Waals surface area contributed by atoms with E-state index in [0.717, 1.165) is 12.5 Å². The number of rotatable bonds is 0. The van der Waals surface area contributed by atoms with E-state index < -0.39 is 5.82 Å². The lowest BCUT2D eigenvalue weighted by molar-refractivity contribution is -0.122. The smallest absolute Gasteiger partial charge is 0.290 e. The second-order valence-electron chi connectivity index (χ2n) is 3.79. The Kier molecular flexibility index (Phi) is 2.77. The lowest BCUT2D eigenvalue weighted by Gasteiger charge is -2.17. The van der Waals surface area contributed by atoms with E-state index in [1.165, 1.54) is 6.07 Å². The van der Waals surface area contributed by atoms with Gasteiger partial charge in [-0.3, -0.25) is 4.79 Å². The Morgan fingerprint density at radius 1 is 1.38 bits per heavy atom. The van der Waals surface area contributed by atoms with Gasteiger partial charge in [0.15, 0.2) is 11.6 Å². The molecule has 0 bridgehead atoms. The Balaban J connectivity index is 0.000000292. The molecule has 2 atom stereocenters. The Labute approximate surface area is 90.7 Å². The van der Waals surface area contributed by atoms with Crippen LogP contribution in [0.4, 0.5) is 8.78 Å². The number of ether oxygens (including phenoxy) is 1. The van der Waals surface area contributed by atoms with Gasteiger partial charge in [0.25, 0.3) is 6.47 Å². The second-order valence-corrected chi connectivity index (χ2v) is 3.79. The highest BCUT2D eigenvalue weighted by molar-refractivity contribution is 5.44. The van der Waals surface area contributed by atoms with Crippen LogP contribution in [0.5, 0.6) is 5.75 Å². The third-order valence-corrected chi connectivity index (χ3v) is 2.83. The molecule has 0 radical (unpaired) electrons. The van der Waals surface area contributed by atoms with Gasteiger partial charge in [-0.15, -0.1) is 0 Å². The van der Waals surface area contributed by atoms with Gasteiger partial charge in [0.1, 0.15) is 5.82 Å². The van der Waals surface area contributed by atoms with Crippen LogP contribution in [-0.4, -0.2) is 18.2 Å². The van der Waals surface area contributed by atoms with Crippen molar-refractivity contribution in [2.24, 2.45) is 5.92 Å². The van der Waals surface area contributed by atoms with Crippen molar-refractivity contribution in [3.8, 4) is 5.75 Å². The average Bonchev–Trinajstić information content (AvgIpc) is 3.03. The summed E-state index contributed by atoms with van der Waals surface area (Å²) >= 11 is 0. The molecule has 1 aromatic rings. The summed E-state index contributed by atoms with van der Waals surface area (Å²) in [5, 5.41) is 6.89. The van der Waals surface area contributed by atoms with Gasteiger partial charge < -0.3 is 9.84 Å². The van der Waals surface area contributed by atoms with Crippen molar-refractivity contribution >= 4 is 6.47 Å². The maximum atomic E-state index is 13.3. The average molecular weight is 228 g/mol. The van der Waals surface area contributed by atoms with Crippen LogP contribution in [0.3, 0.4) is 0 Å². The fourth-order valence-corrected chi connectivity index (χ4v) is 2.02. The van der Waals surface area contributed by atoms with E-state index in [-0.39, 0.29) is 24.0 Å². The van der Waals surface area contributed by atoms with Crippen LogP contribution in [0, 0.1) is 17.6 Å². The molecule has 3 nitrogen and oxygen atoms in total. The monoisotopic (exact) mass is 228 g/mol. The minimum absolute atomic E-state index is 0.138. The molecule has 1 saturated carbocycles. The molecule has 0 amide bonds. The SMILES string of the molecule is Fc1ccc(F)c2c1OC[C@H]1C[C@@H]21.O=CO. The maximum Gasteiger partial charge on any atom is 0.290 e. The van der Waals surface area contributed by atoms with Crippen molar-refractivity contribution in [2.45, 2.75) is 12.3 Å². The second kappa shape index (κ2) is 4.08. The molecule has 0 spiro atoms. The summed E-state index contributed by atoms with van der Waals surface area (Å²) in [4.78, 5) is 8.36. The van der Waals surface area contributed by atoms with E-state index in [4.69, 9.17) is 14.6 Å². The van der Waals surface area contributed by atoms with Crippen LogP contribution in [0.2, 0.25) is 0 Å². The van der Waals surface area contributed by atoms with E-state index in [1.54, 1.807) is 0 Å². The van der Waals surface area contributed by atoms with Crippen molar-refractivity contribution in [1.82, 2.24) is 0 Å². The molecular weight excluding hydrogens is 218 g/mol. The number of hydrogen-bond acceptors (Lipinski definition) is 2. The number of fused-ring (bicyclic) bond motifs is 3. The van der Waals surface area contributed by atoms with E-state index >= 15 is 0 Å². The van der Waals surface area contributed by atoms with Gasteiger partial charge in [0, 0.05) is 11.5 Å². The first kappa shape index (κ1) is 10.9. The maximum absolute atomic E-state index is 13.3. The van der Waals surface area contributed by atoms with Gasteiger partial charge in [-0.2, -0.15) is 0 Å². The predicted octanol–water partition coefficient (Wildman–Crippen LogP) is 2.16. The van der Waals surface area contributed by atoms with Crippen LogP contribution in [0.1, 0.15) is 17.9 Å². The highest BCUT2D eigenvalue weighted by Gasteiger charge is 2.46. The summed E-state index contributed by atoms with van der Waals surface area (Å²) in [5.41, 5.74) is 0.455. The predicted molar refractivity (Wildman–Crippen MR) is 51.4 cm³/mol. The molecule has 0 aromatic heterocycles. The molecule has 1 aliphatic carbocycles. The number of carboxylic acid groups (broad SMARTS) is 1. The number of hydrogen-bond donors (Lipinski definition) is 1. The van der Waals surface area contributed by atoms with Gasteiger partial charge in [-0.1, -0.05) is 0 Å². The molecule has 2 aliphatic rings. The van der Waals surface area contributed by atoms with E-state index in [1.807, 2.05) is 0 Å².